The zero-order valence-corrected chi connectivity index (χ0v) is 21.7. The van der Waals surface area contributed by atoms with Crippen LogP contribution >= 0.6 is 8.17 Å². The van der Waals surface area contributed by atoms with E-state index in [1.807, 2.05) is 12.1 Å². The lowest BCUT2D eigenvalue weighted by Crippen LogP contribution is -2.21. The third-order valence-corrected chi connectivity index (χ3v) is 7.08. The number of aryl methyl sites for hydroxylation is 3. The van der Waals surface area contributed by atoms with Gasteiger partial charge in [-0.1, -0.05) is 22.9 Å². The van der Waals surface area contributed by atoms with Crippen molar-refractivity contribution in [3.63, 3.8) is 0 Å². The van der Waals surface area contributed by atoms with E-state index in [2.05, 4.69) is 9.73 Å². The molecule has 1 heterocycles. The summed E-state index contributed by atoms with van der Waals surface area (Å²) in [5.74, 6) is 0.380. The van der Waals surface area contributed by atoms with E-state index in [0.717, 1.165) is 19.3 Å². The van der Waals surface area contributed by atoms with Crippen LogP contribution in [0.15, 0.2) is 53.4 Å². The number of carbonyl (C=O) groups excluding carboxylic acids is 1. The van der Waals surface area contributed by atoms with Crippen molar-refractivity contribution in [2.24, 2.45) is 10.5 Å². The number of pyridine rings is 1. The van der Waals surface area contributed by atoms with E-state index in [9.17, 15) is 14.8 Å². The zero-order chi connectivity index (χ0) is 26.4. The van der Waals surface area contributed by atoms with Crippen molar-refractivity contribution in [2.45, 2.75) is 58.7 Å². The molecule has 0 bridgehead atoms. The molecule has 1 aliphatic rings. The summed E-state index contributed by atoms with van der Waals surface area (Å²) in [7, 11) is -2.59. The number of fused-ring (bicyclic) bond motifs is 1. The molecule has 1 aromatic heterocycles. The molecule has 37 heavy (non-hydrogen) atoms. The SMILES string of the molecule is Cc1ncc(COc2ccccc2O/[P+]([O-])=N/C(C)C(=O)Oc2ccc3c(c2)CCCC3)c(CN)c1O. The number of benzene rings is 2. The Balaban J connectivity index is 1.40. The van der Waals surface area contributed by atoms with Crippen LogP contribution in [0.4, 0.5) is 0 Å². The number of esters is 1. The highest BCUT2D eigenvalue weighted by atomic mass is 31.1. The number of rotatable bonds is 9. The van der Waals surface area contributed by atoms with Crippen LogP contribution in [0.1, 0.15) is 47.7 Å². The quantitative estimate of drug-likeness (QED) is 0.241. The van der Waals surface area contributed by atoms with Gasteiger partial charge in [0.25, 0.3) is 0 Å². The van der Waals surface area contributed by atoms with Gasteiger partial charge in [-0.3, -0.25) is 9.51 Å². The van der Waals surface area contributed by atoms with Crippen LogP contribution in [0.25, 0.3) is 0 Å². The summed E-state index contributed by atoms with van der Waals surface area (Å²) >= 11 is 0. The van der Waals surface area contributed by atoms with E-state index in [-0.39, 0.29) is 24.7 Å². The van der Waals surface area contributed by atoms with Gasteiger partial charge < -0.3 is 25.2 Å². The van der Waals surface area contributed by atoms with Crippen LogP contribution in [-0.2, 0) is 30.8 Å². The molecule has 10 heteroatoms. The molecule has 2 unspecified atom stereocenters. The van der Waals surface area contributed by atoms with Crippen LogP contribution in [0.5, 0.6) is 23.0 Å². The molecular formula is C27H30N3O6P. The molecule has 0 radical (unpaired) electrons. The predicted octanol–water partition coefficient (Wildman–Crippen LogP) is 4.24. The Morgan fingerprint density at radius 3 is 2.68 bits per heavy atom. The minimum Gasteiger partial charge on any atom is -0.575 e. The molecule has 3 N–H and O–H groups in total. The summed E-state index contributed by atoms with van der Waals surface area (Å²) in [6, 6.07) is 11.3. The molecule has 0 amide bonds. The van der Waals surface area contributed by atoms with Gasteiger partial charge in [-0.05, 0) is 74.9 Å². The van der Waals surface area contributed by atoms with Gasteiger partial charge >= 0.3 is 14.1 Å². The number of para-hydroxylation sites is 2. The molecule has 0 spiro atoms. The van der Waals surface area contributed by atoms with Crippen molar-refractivity contribution < 1.29 is 28.8 Å². The Kier molecular flexibility index (Phi) is 8.71. The van der Waals surface area contributed by atoms with Gasteiger partial charge in [-0.25, -0.2) is 4.79 Å². The van der Waals surface area contributed by atoms with Gasteiger partial charge in [0.15, 0.2) is 11.8 Å². The summed E-state index contributed by atoms with van der Waals surface area (Å²) in [4.78, 5) is 29.3. The van der Waals surface area contributed by atoms with Crippen LogP contribution in [0.2, 0.25) is 0 Å². The van der Waals surface area contributed by atoms with Gasteiger partial charge in [-0.15, -0.1) is 0 Å². The maximum Gasteiger partial charge on any atom is 0.395 e. The average Bonchev–Trinajstić information content (AvgIpc) is 2.90. The number of ether oxygens (including phenoxy) is 2. The smallest absolute Gasteiger partial charge is 0.395 e. The lowest BCUT2D eigenvalue weighted by molar-refractivity contribution is -0.169. The van der Waals surface area contributed by atoms with E-state index in [1.165, 1.54) is 24.5 Å². The maximum atomic E-state index is 12.6. The normalized spacial score (nSPS) is 14.0. The Hall–Kier alpha value is -3.52. The lowest BCUT2D eigenvalue weighted by Gasteiger charge is -2.16. The number of aromatic nitrogens is 1. The Morgan fingerprint density at radius 2 is 1.92 bits per heavy atom. The Bertz CT molecular complexity index is 1310. The fraction of sp³-hybridized carbons (Fsp3) is 0.333. The fourth-order valence-corrected chi connectivity index (χ4v) is 4.85. The molecule has 0 saturated carbocycles. The predicted molar refractivity (Wildman–Crippen MR) is 137 cm³/mol. The number of nitrogens with zero attached hydrogens (tertiary/aromatic N) is 2. The summed E-state index contributed by atoms with van der Waals surface area (Å²) < 4.78 is 20.8. The second-order valence-corrected chi connectivity index (χ2v) is 9.70. The third kappa shape index (κ3) is 6.63. The second kappa shape index (κ2) is 12.1. The molecule has 4 rings (SSSR count). The van der Waals surface area contributed by atoms with Crippen molar-refractivity contribution >= 4 is 14.1 Å². The molecule has 1 aliphatic carbocycles. The number of hydrogen-bond donors (Lipinski definition) is 2. The maximum absolute atomic E-state index is 12.6. The molecule has 3 aromatic rings. The summed E-state index contributed by atoms with van der Waals surface area (Å²) in [5, 5.41) is 10.2. The van der Waals surface area contributed by atoms with Gasteiger partial charge in [0, 0.05) is 23.9 Å². The zero-order valence-electron chi connectivity index (χ0n) is 20.8. The minimum absolute atomic E-state index is 0.0336. The minimum atomic E-state index is -2.59. The molecule has 2 aromatic carbocycles. The standard InChI is InChI=1S/C27H30N3O6P/c1-17-26(31)23(14-28)21(15-29-17)16-34-24-9-5-6-10-25(24)36-37(33)30-18(2)27(32)35-22-12-11-19-7-3-4-8-20(19)13-22/h5-6,9-13,15,18,31H,3-4,7-8,14,16,28H2,1-2H3. The first-order valence-electron chi connectivity index (χ1n) is 12.1. The van der Waals surface area contributed by atoms with Crippen molar-refractivity contribution in [2.75, 3.05) is 0 Å². The number of carbonyl (C=O) groups is 1. The first kappa shape index (κ1) is 26.5. The first-order chi connectivity index (χ1) is 17.9. The number of aromatic hydroxyl groups is 1. The number of nitrogens with two attached hydrogens (primary N) is 1. The first-order valence-corrected chi connectivity index (χ1v) is 13.3. The van der Waals surface area contributed by atoms with Crippen molar-refractivity contribution in [3.8, 4) is 23.0 Å². The molecular weight excluding hydrogens is 493 g/mol. The van der Waals surface area contributed by atoms with E-state index < -0.39 is 20.2 Å². The Labute approximate surface area is 216 Å². The van der Waals surface area contributed by atoms with Crippen molar-refractivity contribution in [1.82, 2.24) is 4.98 Å². The third-order valence-electron chi connectivity index (χ3n) is 6.19. The van der Waals surface area contributed by atoms with Gasteiger partial charge in [-0.2, -0.15) is 0 Å². The highest BCUT2D eigenvalue weighted by molar-refractivity contribution is 7.34. The highest BCUT2D eigenvalue weighted by Gasteiger charge is 2.21. The Morgan fingerprint density at radius 1 is 1.19 bits per heavy atom. The van der Waals surface area contributed by atoms with E-state index >= 15 is 0 Å². The van der Waals surface area contributed by atoms with Crippen LogP contribution in [-0.4, -0.2) is 22.1 Å². The van der Waals surface area contributed by atoms with E-state index in [1.54, 1.807) is 43.5 Å². The molecule has 9 nitrogen and oxygen atoms in total. The highest BCUT2D eigenvalue weighted by Crippen LogP contribution is 2.34. The lowest BCUT2D eigenvalue weighted by atomic mass is 9.92. The largest absolute Gasteiger partial charge is 0.575 e. The summed E-state index contributed by atoms with van der Waals surface area (Å²) in [5.41, 5.74) is 9.90. The fourth-order valence-electron chi connectivity index (χ4n) is 4.11. The van der Waals surface area contributed by atoms with Crippen molar-refractivity contribution in [1.29, 1.82) is 0 Å². The molecule has 0 saturated heterocycles. The van der Waals surface area contributed by atoms with Crippen LogP contribution < -0.4 is 24.6 Å². The molecule has 0 fully saturated rings. The molecule has 194 valence electrons. The van der Waals surface area contributed by atoms with Crippen molar-refractivity contribution in [3.05, 3.63) is 76.6 Å². The van der Waals surface area contributed by atoms with Gasteiger partial charge in [0.2, 0.25) is 5.75 Å². The van der Waals surface area contributed by atoms with E-state index in [0.29, 0.717) is 28.3 Å². The number of hydrogen-bond acceptors (Lipinski definition) is 9. The van der Waals surface area contributed by atoms with Crippen LogP contribution in [0.3, 0.4) is 0 Å². The molecule has 2 atom stereocenters. The van der Waals surface area contributed by atoms with Gasteiger partial charge in [0.05, 0.1) is 5.69 Å². The van der Waals surface area contributed by atoms with Crippen LogP contribution in [0, 0.1) is 6.92 Å². The van der Waals surface area contributed by atoms with E-state index in [4.69, 9.17) is 19.7 Å². The van der Waals surface area contributed by atoms with Gasteiger partial charge in [0.1, 0.15) is 18.1 Å². The topological polar surface area (TPSA) is 139 Å². The average molecular weight is 524 g/mol. The summed E-state index contributed by atoms with van der Waals surface area (Å²) in [6.45, 7) is 3.37. The molecule has 0 aliphatic heterocycles. The summed E-state index contributed by atoms with van der Waals surface area (Å²) in [6.07, 6.45) is 5.89. The monoisotopic (exact) mass is 523 g/mol. The second-order valence-electron chi connectivity index (χ2n) is 8.81.